The molecule has 0 aromatic heterocycles. The molecule has 1 N–H and O–H groups in total. The molecule has 74 valence electrons. The third kappa shape index (κ3) is 3.59. The standard InChI is InChI=1S/C12H10.CHNO/c1-3-7-11(8-4-1)12-9-5-2-6-10-12;2-1-3/h1-10H;2H. The van der Waals surface area contributed by atoms with Crippen LogP contribution in [0.4, 0.5) is 0 Å². The van der Waals surface area contributed by atoms with Gasteiger partial charge in [-0.3, -0.25) is 0 Å². The van der Waals surface area contributed by atoms with Crippen LogP contribution in [0.3, 0.4) is 0 Å². The molecule has 2 nitrogen and oxygen atoms in total. The summed E-state index contributed by atoms with van der Waals surface area (Å²) in [7, 11) is 0. The van der Waals surface area contributed by atoms with Crippen LogP contribution in [-0.4, -0.2) is 6.08 Å². The number of hydrogen-bond acceptors (Lipinski definition) is 2. The lowest BCUT2D eigenvalue weighted by Gasteiger charge is -1.98. The molecule has 0 spiro atoms. The van der Waals surface area contributed by atoms with Crippen molar-refractivity contribution in [3.63, 3.8) is 0 Å². The molecule has 2 aromatic carbocycles. The highest BCUT2D eigenvalue weighted by Crippen LogP contribution is 2.17. The largest absolute Gasteiger partial charge is 0.231 e. The molecule has 2 rings (SSSR count). The van der Waals surface area contributed by atoms with Gasteiger partial charge >= 0.3 is 0 Å². The molecule has 0 fully saturated rings. The van der Waals surface area contributed by atoms with Crippen LogP contribution >= 0.6 is 0 Å². The van der Waals surface area contributed by atoms with E-state index >= 15 is 0 Å². The molecule has 0 amide bonds. The third-order valence-electron chi connectivity index (χ3n) is 1.88. The zero-order valence-corrected chi connectivity index (χ0v) is 8.18. The van der Waals surface area contributed by atoms with Crippen molar-refractivity contribution in [3.05, 3.63) is 60.7 Å². The second-order valence-corrected chi connectivity index (χ2v) is 2.83. The number of nitrogens with one attached hydrogen (secondary N) is 1. The Bertz CT molecular complexity index is 379. The topological polar surface area (TPSA) is 40.9 Å². The zero-order valence-electron chi connectivity index (χ0n) is 8.18. The predicted molar refractivity (Wildman–Crippen MR) is 60.3 cm³/mol. The van der Waals surface area contributed by atoms with Crippen LogP contribution < -0.4 is 0 Å². The van der Waals surface area contributed by atoms with E-state index < -0.39 is 0 Å². The van der Waals surface area contributed by atoms with Crippen molar-refractivity contribution in [3.8, 4) is 11.1 Å². The fourth-order valence-corrected chi connectivity index (χ4v) is 1.26. The Labute approximate surface area is 88.7 Å². The van der Waals surface area contributed by atoms with Crippen LogP contribution in [0.15, 0.2) is 60.7 Å². The molecule has 2 heteroatoms. The van der Waals surface area contributed by atoms with Crippen molar-refractivity contribution in [1.82, 2.24) is 0 Å². The van der Waals surface area contributed by atoms with Crippen molar-refractivity contribution in [2.24, 2.45) is 0 Å². The number of carbonyl (C=O) groups excluding carboxylic acids is 1. The highest BCUT2D eigenvalue weighted by Gasteiger charge is 1.91. The Morgan fingerprint density at radius 1 is 0.733 bits per heavy atom. The van der Waals surface area contributed by atoms with E-state index in [9.17, 15) is 0 Å². The first-order valence-electron chi connectivity index (χ1n) is 4.53. The van der Waals surface area contributed by atoms with Gasteiger partial charge < -0.3 is 0 Å². The van der Waals surface area contributed by atoms with Crippen LogP contribution in [0.2, 0.25) is 0 Å². The van der Waals surface area contributed by atoms with E-state index in [1.54, 1.807) is 0 Å². The van der Waals surface area contributed by atoms with Gasteiger partial charge in [0.15, 0.2) is 0 Å². The maximum absolute atomic E-state index is 8.35. The maximum Gasteiger partial charge on any atom is 0.231 e. The molecule has 0 unspecified atom stereocenters. The van der Waals surface area contributed by atoms with Gasteiger partial charge in [0.2, 0.25) is 6.08 Å². The van der Waals surface area contributed by atoms with E-state index in [0.717, 1.165) is 6.08 Å². The third-order valence-corrected chi connectivity index (χ3v) is 1.88. The molecule has 0 saturated carbocycles. The first-order chi connectivity index (χ1) is 7.38. The van der Waals surface area contributed by atoms with E-state index in [1.807, 2.05) is 12.1 Å². The molecular weight excluding hydrogens is 186 g/mol. The van der Waals surface area contributed by atoms with Crippen LogP contribution in [0.5, 0.6) is 0 Å². The SMILES string of the molecule is N=C=O.c1ccc(-c2ccccc2)cc1. The Morgan fingerprint density at radius 2 is 1.00 bits per heavy atom. The quantitative estimate of drug-likeness (QED) is 0.553. The van der Waals surface area contributed by atoms with Crippen LogP contribution in [0.1, 0.15) is 0 Å². The maximum atomic E-state index is 8.35. The van der Waals surface area contributed by atoms with Gasteiger partial charge in [-0.2, -0.15) is 0 Å². The molecule has 0 atom stereocenters. The Kier molecular flexibility index (Phi) is 4.58. The smallest absolute Gasteiger partial charge is 0.222 e. The molecule has 0 saturated heterocycles. The van der Waals surface area contributed by atoms with Crippen LogP contribution in [-0.2, 0) is 4.79 Å². The normalized spacial score (nSPS) is 8.27. The minimum atomic E-state index is 0.750. The molecule has 0 bridgehead atoms. The average molecular weight is 197 g/mol. The fraction of sp³-hybridized carbons (Fsp3) is 0. The van der Waals surface area contributed by atoms with Crippen LogP contribution in [0.25, 0.3) is 11.1 Å². The second-order valence-electron chi connectivity index (χ2n) is 2.83. The minimum Gasteiger partial charge on any atom is -0.222 e. The zero-order chi connectivity index (χ0) is 10.9. The van der Waals surface area contributed by atoms with Crippen molar-refractivity contribution in [2.75, 3.05) is 0 Å². The van der Waals surface area contributed by atoms with Gasteiger partial charge in [-0.1, -0.05) is 60.7 Å². The highest BCUT2D eigenvalue weighted by atomic mass is 16.1. The summed E-state index contributed by atoms with van der Waals surface area (Å²) >= 11 is 0. The molecule has 2 aromatic rings. The van der Waals surface area contributed by atoms with Crippen molar-refractivity contribution in [2.45, 2.75) is 0 Å². The van der Waals surface area contributed by atoms with E-state index in [1.165, 1.54) is 11.1 Å². The molecule has 0 heterocycles. The molecule has 0 radical (unpaired) electrons. The van der Waals surface area contributed by atoms with Gasteiger partial charge in [-0.05, 0) is 11.1 Å². The molecule has 0 aliphatic carbocycles. The number of hydrogen-bond donors (Lipinski definition) is 1. The summed E-state index contributed by atoms with van der Waals surface area (Å²) in [6.45, 7) is 0. The van der Waals surface area contributed by atoms with Crippen molar-refractivity contribution < 1.29 is 4.79 Å². The Hall–Kier alpha value is -2.18. The van der Waals surface area contributed by atoms with Gasteiger partial charge in [-0.15, -0.1) is 0 Å². The van der Waals surface area contributed by atoms with Gasteiger partial charge in [0.1, 0.15) is 0 Å². The molecule has 0 aliphatic heterocycles. The van der Waals surface area contributed by atoms with Gasteiger partial charge in [-0.25, -0.2) is 10.2 Å². The minimum absolute atomic E-state index is 0.750. The summed E-state index contributed by atoms with van der Waals surface area (Å²) in [6.07, 6.45) is 0.750. The number of isocyanates is 1. The van der Waals surface area contributed by atoms with E-state index in [-0.39, 0.29) is 0 Å². The van der Waals surface area contributed by atoms with Crippen molar-refractivity contribution >= 4 is 6.08 Å². The highest BCUT2D eigenvalue weighted by molar-refractivity contribution is 5.62. The predicted octanol–water partition coefficient (Wildman–Crippen LogP) is 3.25. The number of benzene rings is 2. The molecular formula is C13H11NO. The molecule has 15 heavy (non-hydrogen) atoms. The van der Waals surface area contributed by atoms with E-state index in [0.29, 0.717) is 0 Å². The summed E-state index contributed by atoms with van der Waals surface area (Å²) in [5, 5.41) is 5.40. The van der Waals surface area contributed by atoms with Gasteiger partial charge in [0.05, 0.1) is 0 Å². The summed E-state index contributed by atoms with van der Waals surface area (Å²) in [6, 6.07) is 20.8. The van der Waals surface area contributed by atoms with Crippen molar-refractivity contribution in [1.29, 1.82) is 5.41 Å². The Balaban J connectivity index is 0.000000337. The lowest BCUT2D eigenvalue weighted by atomic mass is 10.1. The summed E-state index contributed by atoms with van der Waals surface area (Å²) in [5.74, 6) is 0. The Morgan fingerprint density at radius 3 is 1.27 bits per heavy atom. The number of rotatable bonds is 1. The average Bonchev–Trinajstić information content (AvgIpc) is 2.32. The van der Waals surface area contributed by atoms with Crippen LogP contribution in [0, 0.1) is 5.41 Å². The first kappa shape index (κ1) is 10.9. The second kappa shape index (κ2) is 6.30. The van der Waals surface area contributed by atoms with Gasteiger partial charge in [0, 0.05) is 0 Å². The lowest BCUT2D eigenvalue weighted by Crippen LogP contribution is -1.73. The van der Waals surface area contributed by atoms with Gasteiger partial charge in [0.25, 0.3) is 0 Å². The molecule has 0 aliphatic rings. The first-order valence-corrected chi connectivity index (χ1v) is 4.53. The van der Waals surface area contributed by atoms with E-state index in [4.69, 9.17) is 10.2 Å². The summed E-state index contributed by atoms with van der Waals surface area (Å²) in [4.78, 5) is 8.35. The monoisotopic (exact) mass is 197 g/mol. The lowest BCUT2D eigenvalue weighted by molar-refractivity contribution is 0.563. The summed E-state index contributed by atoms with van der Waals surface area (Å²) in [5.41, 5.74) is 2.55. The van der Waals surface area contributed by atoms with E-state index in [2.05, 4.69) is 48.5 Å². The fourth-order valence-electron chi connectivity index (χ4n) is 1.26. The summed E-state index contributed by atoms with van der Waals surface area (Å²) < 4.78 is 0.